The summed E-state index contributed by atoms with van der Waals surface area (Å²) < 4.78 is 37.9. The molecule has 0 radical (unpaired) electrons. The number of rotatable bonds is 10. The van der Waals surface area contributed by atoms with E-state index in [2.05, 4.69) is 10.2 Å². The molecule has 0 spiro atoms. The topological polar surface area (TPSA) is 206 Å². The van der Waals surface area contributed by atoms with Gasteiger partial charge in [0.05, 0.1) is 53.7 Å². The van der Waals surface area contributed by atoms with Crippen molar-refractivity contribution in [3.63, 3.8) is 0 Å². The monoisotopic (exact) mass is 819 g/mol. The van der Waals surface area contributed by atoms with Crippen LogP contribution < -0.4 is 5.32 Å². The molecule has 57 heavy (non-hydrogen) atoms. The summed E-state index contributed by atoms with van der Waals surface area (Å²) >= 11 is 0. The fourth-order valence-electron chi connectivity index (χ4n) is 9.96. The number of aliphatic hydroxyl groups excluding tert-OH is 3. The zero-order valence-electron chi connectivity index (χ0n) is 37.3. The van der Waals surface area contributed by atoms with Crippen LogP contribution in [0.25, 0.3) is 0 Å². The molecule has 3 heterocycles. The predicted molar refractivity (Wildman–Crippen MR) is 213 cm³/mol. The summed E-state index contributed by atoms with van der Waals surface area (Å²) in [5, 5.41) is 62.3. The van der Waals surface area contributed by atoms with Gasteiger partial charge in [0.25, 0.3) is 0 Å². The maximum atomic E-state index is 14.5. The fraction of sp³-hybridized carbons (Fsp3) is 0.952. The third-order valence-corrected chi connectivity index (χ3v) is 13.7. The third kappa shape index (κ3) is 11.1. The number of carbonyl (C=O) groups is 2. The Labute approximate surface area is 341 Å². The highest BCUT2D eigenvalue weighted by molar-refractivity contribution is 5.76. The Balaban J connectivity index is 2.29. The molecule has 334 valence electrons. The number of carbonyl (C=O) groups excluding carboxylic acids is 2. The molecule has 15 nitrogen and oxygen atoms in total. The van der Waals surface area contributed by atoms with Crippen molar-refractivity contribution < 1.29 is 63.5 Å². The number of hydrogen-bond donors (Lipinski definition) is 6. The van der Waals surface area contributed by atoms with E-state index >= 15 is 0 Å². The Morgan fingerprint density at radius 3 is 2.14 bits per heavy atom. The lowest BCUT2D eigenvalue weighted by Crippen LogP contribution is -2.62. The van der Waals surface area contributed by atoms with E-state index in [0.717, 1.165) is 0 Å². The molecule has 0 aromatic heterocycles. The number of nitrogens with zero attached hydrogens (tertiary/aromatic N) is 1. The van der Waals surface area contributed by atoms with Crippen LogP contribution in [0.4, 0.5) is 0 Å². The molecule has 3 rings (SSSR count). The average molecular weight is 819 g/mol. The lowest BCUT2D eigenvalue weighted by atomic mass is 9.67. The van der Waals surface area contributed by atoms with E-state index < -0.39 is 113 Å². The van der Waals surface area contributed by atoms with Gasteiger partial charge in [-0.15, -0.1) is 0 Å². The fourth-order valence-corrected chi connectivity index (χ4v) is 9.96. The first kappa shape index (κ1) is 49.9. The number of methoxy groups -OCH3 is 1. The molecular weight excluding hydrogens is 740 g/mol. The van der Waals surface area contributed by atoms with Crippen LogP contribution in [-0.4, -0.2) is 160 Å². The van der Waals surface area contributed by atoms with Gasteiger partial charge in [0.2, 0.25) is 5.91 Å². The summed E-state index contributed by atoms with van der Waals surface area (Å²) in [5.41, 5.74) is -4.74. The Morgan fingerprint density at radius 1 is 0.982 bits per heavy atom. The quantitative estimate of drug-likeness (QED) is 0.175. The first-order valence-electron chi connectivity index (χ1n) is 21.0. The molecule has 19 atom stereocenters. The zero-order valence-corrected chi connectivity index (χ0v) is 37.3. The number of likely N-dealkylation sites (N-methyl/N-ethyl adjacent to an activating group) is 2. The number of hydrogen-bond acceptors (Lipinski definition) is 14. The largest absolute Gasteiger partial charge is 0.459 e. The number of ether oxygens (including phenoxy) is 6. The van der Waals surface area contributed by atoms with Crippen LogP contribution >= 0.6 is 0 Å². The van der Waals surface area contributed by atoms with Crippen molar-refractivity contribution >= 4 is 11.9 Å². The van der Waals surface area contributed by atoms with Gasteiger partial charge in [0.1, 0.15) is 30.5 Å². The van der Waals surface area contributed by atoms with Crippen LogP contribution in [0, 0.1) is 29.6 Å². The highest BCUT2D eigenvalue weighted by Gasteiger charge is 2.56. The highest BCUT2D eigenvalue weighted by atomic mass is 16.7. The summed E-state index contributed by atoms with van der Waals surface area (Å²) in [6.45, 7) is 21.1. The number of amides is 1. The first-order valence-corrected chi connectivity index (χ1v) is 21.0. The van der Waals surface area contributed by atoms with E-state index in [1.165, 1.54) is 21.1 Å². The van der Waals surface area contributed by atoms with E-state index in [9.17, 15) is 35.1 Å². The van der Waals surface area contributed by atoms with Crippen molar-refractivity contribution in [1.29, 1.82) is 0 Å². The summed E-state index contributed by atoms with van der Waals surface area (Å²) in [6.07, 6.45) is -8.75. The number of esters is 1. The molecule has 0 bridgehead atoms. The van der Waals surface area contributed by atoms with Gasteiger partial charge >= 0.3 is 5.97 Å². The Bertz CT molecular complexity index is 1300. The molecule has 0 aromatic carbocycles. The van der Waals surface area contributed by atoms with Gasteiger partial charge in [-0.25, -0.2) is 0 Å². The molecule has 3 fully saturated rings. The summed E-state index contributed by atoms with van der Waals surface area (Å²) in [7, 11) is 4.94. The molecule has 3 aliphatic heterocycles. The molecule has 0 aliphatic carbocycles. The van der Waals surface area contributed by atoms with E-state index in [0.29, 0.717) is 6.42 Å². The number of nitrogens with one attached hydrogen (secondary N) is 1. The number of cyclic esters (lactones) is 1. The lowest BCUT2D eigenvalue weighted by Gasteiger charge is -2.52. The van der Waals surface area contributed by atoms with Crippen LogP contribution in [0.2, 0.25) is 0 Å². The van der Waals surface area contributed by atoms with Gasteiger partial charge in [-0.05, 0) is 86.6 Å². The minimum Gasteiger partial charge on any atom is -0.459 e. The van der Waals surface area contributed by atoms with Crippen molar-refractivity contribution in [2.45, 2.75) is 199 Å². The van der Waals surface area contributed by atoms with Gasteiger partial charge in [0.15, 0.2) is 6.29 Å². The van der Waals surface area contributed by atoms with E-state index in [1.54, 1.807) is 41.5 Å². The summed E-state index contributed by atoms with van der Waals surface area (Å²) in [5.74, 6) is -4.85. The summed E-state index contributed by atoms with van der Waals surface area (Å²) in [6, 6.07) is -0.215. The molecule has 3 saturated heterocycles. The Morgan fingerprint density at radius 2 is 1.60 bits per heavy atom. The lowest BCUT2D eigenvalue weighted by molar-refractivity contribution is -0.304. The minimum atomic E-state index is -1.95. The minimum absolute atomic E-state index is 0.00644. The SMILES string of the molecule is CC[C@H]1OC(=O)[C@H](C)C([C@H]2C[C@@](C)(OC)[C@@H](O)[C@H](C)O2)[C@H](C)[C@@H](O[C@@H]2O[C@H](C)C[C@H](N(C)C(C)C)[C@H]2O)[C@](C)(O)C[C@@H](C)[C@H](OCC(=O)NC)[C@H](C)[C@@H](O)[C@]1(C)O. The van der Waals surface area contributed by atoms with Crippen LogP contribution in [0.3, 0.4) is 0 Å². The van der Waals surface area contributed by atoms with Crippen LogP contribution in [0.1, 0.15) is 109 Å². The van der Waals surface area contributed by atoms with E-state index in [-0.39, 0.29) is 44.1 Å². The normalized spacial score (nSPS) is 47.0. The van der Waals surface area contributed by atoms with Gasteiger partial charge in [-0.2, -0.15) is 0 Å². The average Bonchev–Trinajstić information content (AvgIpc) is 3.14. The molecule has 3 aliphatic rings. The second-order valence-corrected chi connectivity index (χ2v) is 18.5. The molecule has 0 aromatic rings. The maximum Gasteiger partial charge on any atom is 0.309 e. The van der Waals surface area contributed by atoms with Crippen LogP contribution in [0.15, 0.2) is 0 Å². The maximum absolute atomic E-state index is 14.5. The number of aliphatic hydroxyl groups is 5. The standard InChI is InChI=1S/C42H78N2O13/c1-16-30-42(12,51)35(47)26(8)34(53-20-31(45)43-13)22(4)18-40(10,50)37(57-39-33(46)28(17-23(5)54-39)44(14)21(2)3)24(6)32(25(7)38(49)56-30)29-19-41(11,52-15)36(48)27(9)55-29/h21-30,32-37,39,46-48,50-51H,16-20H2,1-15H3,(H,43,45)/t22-,23-,24+,25-,26+,27+,28+,29-,30-,32?,33-,34+,35-,36+,37-,39+,40-,41-,42-/m1/s1. The molecule has 0 saturated carbocycles. The molecular formula is C42H78N2O13. The van der Waals surface area contributed by atoms with Crippen molar-refractivity contribution in [2.75, 3.05) is 27.8 Å². The van der Waals surface area contributed by atoms with Crippen LogP contribution in [0.5, 0.6) is 0 Å². The second kappa shape index (κ2) is 19.9. The third-order valence-electron chi connectivity index (χ3n) is 13.7. The van der Waals surface area contributed by atoms with E-state index in [1.807, 2.05) is 41.7 Å². The predicted octanol–water partition coefficient (Wildman–Crippen LogP) is 2.40. The summed E-state index contributed by atoms with van der Waals surface area (Å²) in [4.78, 5) is 29.0. The Kier molecular flexibility index (Phi) is 17.4. The smallest absolute Gasteiger partial charge is 0.309 e. The van der Waals surface area contributed by atoms with Gasteiger partial charge in [-0.1, -0.05) is 34.6 Å². The van der Waals surface area contributed by atoms with Crippen LogP contribution in [-0.2, 0) is 38.0 Å². The zero-order chi connectivity index (χ0) is 43.5. The molecule has 6 N–H and O–H groups in total. The van der Waals surface area contributed by atoms with Crippen molar-refractivity contribution in [2.24, 2.45) is 29.6 Å². The van der Waals surface area contributed by atoms with Crippen molar-refractivity contribution in [1.82, 2.24) is 10.2 Å². The van der Waals surface area contributed by atoms with Gasteiger partial charge in [-0.3, -0.25) is 14.5 Å². The molecule has 15 heteroatoms. The molecule has 1 unspecified atom stereocenters. The Hall–Kier alpha value is -1.50. The van der Waals surface area contributed by atoms with Gasteiger partial charge in [0, 0.05) is 44.5 Å². The van der Waals surface area contributed by atoms with Crippen molar-refractivity contribution in [3.8, 4) is 0 Å². The highest BCUT2D eigenvalue weighted by Crippen LogP contribution is 2.45. The van der Waals surface area contributed by atoms with E-state index in [4.69, 9.17) is 28.4 Å². The second-order valence-electron chi connectivity index (χ2n) is 18.5. The van der Waals surface area contributed by atoms with Crippen molar-refractivity contribution in [3.05, 3.63) is 0 Å². The van der Waals surface area contributed by atoms with Gasteiger partial charge < -0.3 is 59.3 Å². The molecule has 1 amide bonds. The first-order chi connectivity index (χ1) is 26.3.